The minimum absolute atomic E-state index is 0.437. The molecule has 0 bridgehead atoms. The van der Waals surface area contributed by atoms with Crippen molar-refractivity contribution in [2.75, 3.05) is 0 Å². The lowest BCUT2D eigenvalue weighted by Crippen LogP contribution is -1.99. The van der Waals surface area contributed by atoms with E-state index in [9.17, 15) is 0 Å². The molecule has 0 aromatic carbocycles. The lowest BCUT2D eigenvalue weighted by Gasteiger charge is -2.09. The van der Waals surface area contributed by atoms with Gasteiger partial charge in [-0.25, -0.2) is 9.50 Å². The SMILES string of the molecule is CC(C)c1ccn2nc(C(C)C)c(C(C)C)c2n1. The van der Waals surface area contributed by atoms with Crippen LogP contribution in [0, 0.1) is 0 Å². The Morgan fingerprint density at radius 1 is 0.944 bits per heavy atom. The van der Waals surface area contributed by atoms with Gasteiger partial charge >= 0.3 is 0 Å². The summed E-state index contributed by atoms with van der Waals surface area (Å²) in [5.74, 6) is 1.34. The van der Waals surface area contributed by atoms with E-state index in [2.05, 4.69) is 52.7 Å². The van der Waals surface area contributed by atoms with E-state index in [4.69, 9.17) is 4.98 Å². The van der Waals surface area contributed by atoms with Crippen molar-refractivity contribution in [3.05, 3.63) is 29.2 Å². The van der Waals surface area contributed by atoms with E-state index in [1.54, 1.807) is 0 Å². The van der Waals surface area contributed by atoms with Crippen LogP contribution in [0.3, 0.4) is 0 Å². The molecule has 18 heavy (non-hydrogen) atoms. The molecule has 2 rings (SSSR count). The van der Waals surface area contributed by atoms with Gasteiger partial charge < -0.3 is 0 Å². The molecule has 2 aromatic heterocycles. The predicted molar refractivity (Wildman–Crippen MR) is 75.3 cm³/mol. The third kappa shape index (κ3) is 2.14. The largest absolute Gasteiger partial charge is 0.233 e. The summed E-state index contributed by atoms with van der Waals surface area (Å²) >= 11 is 0. The average Bonchev–Trinajstić information content (AvgIpc) is 2.66. The molecule has 0 aliphatic heterocycles. The fourth-order valence-corrected chi connectivity index (χ4v) is 2.28. The summed E-state index contributed by atoms with van der Waals surface area (Å²) < 4.78 is 1.93. The number of rotatable bonds is 3. The lowest BCUT2D eigenvalue weighted by atomic mass is 9.97. The zero-order valence-electron chi connectivity index (χ0n) is 12.2. The van der Waals surface area contributed by atoms with E-state index >= 15 is 0 Å². The van der Waals surface area contributed by atoms with Gasteiger partial charge in [0.05, 0.1) is 5.69 Å². The molecule has 3 heteroatoms. The summed E-state index contributed by atoms with van der Waals surface area (Å²) in [4.78, 5) is 4.80. The van der Waals surface area contributed by atoms with Crippen molar-refractivity contribution in [3.8, 4) is 0 Å². The first kappa shape index (κ1) is 13.1. The molecule has 0 saturated carbocycles. The summed E-state index contributed by atoms with van der Waals surface area (Å²) in [6.45, 7) is 13.2. The van der Waals surface area contributed by atoms with E-state index in [1.807, 2.05) is 10.7 Å². The summed E-state index contributed by atoms with van der Waals surface area (Å²) in [5.41, 5.74) is 4.64. The van der Waals surface area contributed by atoms with E-state index < -0.39 is 0 Å². The summed E-state index contributed by atoms with van der Waals surface area (Å²) in [6.07, 6.45) is 2.04. The normalized spacial score (nSPS) is 12.3. The molecule has 98 valence electrons. The molecule has 0 amide bonds. The van der Waals surface area contributed by atoms with Crippen LogP contribution in [-0.2, 0) is 0 Å². The summed E-state index contributed by atoms with van der Waals surface area (Å²) in [6, 6.07) is 2.07. The minimum Gasteiger partial charge on any atom is -0.233 e. The molecule has 0 unspecified atom stereocenters. The number of aromatic nitrogens is 3. The second-order valence-electron chi connectivity index (χ2n) is 5.88. The highest BCUT2D eigenvalue weighted by Gasteiger charge is 2.19. The van der Waals surface area contributed by atoms with E-state index in [1.165, 1.54) is 11.3 Å². The Balaban J connectivity index is 2.71. The Bertz CT molecular complexity index is 550. The topological polar surface area (TPSA) is 30.2 Å². The third-order valence-corrected chi connectivity index (χ3v) is 3.29. The average molecular weight is 245 g/mol. The molecular weight excluding hydrogens is 222 g/mol. The molecule has 0 N–H and O–H groups in total. The molecule has 0 spiro atoms. The highest BCUT2D eigenvalue weighted by molar-refractivity contribution is 5.53. The molecule has 0 aliphatic rings. The zero-order chi connectivity index (χ0) is 13.4. The van der Waals surface area contributed by atoms with Crippen LogP contribution >= 0.6 is 0 Å². The Labute approximate surface area is 109 Å². The van der Waals surface area contributed by atoms with Crippen LogP contribution in [0.25, 0.3) is 5.65 Å². The maximum atomic E-state index is 4.80. The van der Waals surface area contributed by atoms with Crippen LogP contribution in [0.5, 0.6) is 0 Å². The van der Waals surface area contributed by atoms with Gasteiger partial charge in [0.25, 0.3) is 0 Å². The first-order valence-corrected chi connectivity index (χ1v) is 6.80. The molecule has 0 aliphatic carbocycles. The Morgan fingerprint density at radius 2 is 1.61 bits per heavy atom. The van der Waals surface area contributed by atoms with Gasteiger partial charge in [0.2, 0.25) is 0 Å². The van der Waals surface area contributed by atoms with Gasteiger partial charge in [0, 0.05) is 17.5 Å². The summed E-state index contributed by atoms with van der Waals surface area (Å²) in [7, 11) is 0. The Kier molecular flexibility index (Phi) is 3.42. The van der Waals surface area contributed by atoms with Crippen LogP contribution in [0.4, 0.5) is 0 Å². The maximum Gasteiger partial charge on any atom is 0.158 e. The smallest absolute Gasteiger partial charge is 0.158 e. The molecule has 3 nitrogen and oxygen atoms in total. The van der Waals surface area contributed by atoms with Crippen LogP contribution in [0.15, 0.2) is 12.3 Å². The second kappa shape index (κ2) is 4.71. The molecule has 0 saturated heterocycles. The van der Waals surface area contributed by atoms with Gasteiger partial charge in [-0.05, 0) is 23.8 Å². The highest BCUT2D eigenvalue weighted by atomic mass is 15.3. The van der Waals surface area contributed by atoms with Crippen molar-refractivity contribution in [2.24, 2.45) is 0 Å². The van der Waals surface area contributed by atoms with Crippen molar-refractivity contribution < 1.29 is 0 Å². The Hall–Kier alpha value is -1.38. The first-order valence-electron chi connectivity index (χ1n) is 6.80. The lowest BCUT2D eigenvalue weighted by molar-refractivity contribution is 0.756. The first-order chi connectivity index (χ1) is 8.41. The second-order valence-corrected chi connectivity index (χ2v) is 5.88. The van der Waals surface area contributed by atoms with Gasteiger partial charge in [-0.1, -0.05) is 41.5 Å². The monoisotopic (exact) mass is 245 g/mol. The van der Waals surface area contributed by atoms with E-state index in [-0.39, 0.29) is 0 Å². The fourth-order valence-electron chi connectivity index (χ4n) is 2.28. The van der Waals surface area contributed by atoms with Crippen molar-refractivity contribution in [1.29, 1.82) is 0 Å². The van der Waals surface area contributed by atoms with Crippen LogP contribution in [0.2, 0.25) is 0 Å². The van der Waals surface area contributed by atoms with E-state index in [0.717, 1.165) is 11.3 Å². The molecule has 2 heterocycles. The van der Waals surface area contributed by atoms with Crippen molar-refractivity contribution in [1.82, 2.24) is 14.6 Å². The van der Waals surface area contributed by atoms with Gasteiger partial charge in [-0.3, -0.25) is 0 Å². The zero-order valence-corrected chi connectivity index (χ0v) is 12.2. The number of nitrogens with zero attached hydrogens (tertiary/aromatic N) is 3. The quantitative estimate of drug-likeness (QED) is 0.815. The van der Waals surface area contributed by atoms with Gasteiger partial charge in [0.1, 0.15) is 0 Å². The third-order valence-electron chi connectivity index (χ3n) is 3.29. The maximum absolute atomic E-state index is 4.80. The van der Waals surface area contributed by atoms with Crippen molar-refractivity contribution >= 4 is 5.65 Å². The Morgan fingerprint density at radius 3 is 2.11 bits per heavy atom. The minimum atomic E-state index is 0.437. The van der Waals surface area contributed by atoms with Gasteiger partial charge in [-0.2, -0.15) is 5.10 Å². The fraction of sp³-hybridized carbons (Fsp3) is 0.600. The molecule has 0 atom stereocenters. The highest BCUT2D eigenvalue weighted by Crippen LogP contribution is 2.29. The van der Waals surface area contributed by atoms with Crippen LogP contribution in [-0.4, -0.2) is 14.6 Å². The molecule has 2 aromatic rings. The number of fused-ring (bicyclic) bond motifs is 1. The van der Waals surface area contributed by atoms with Crippen molar-refractivity contribution in [2.45, 2.75) is 59.3 Å². The van der Waals surface area contributed by atoms with Crippen LogP contribution < -0.4 is 0 Å². The van der Waals surface area contributed by atoms with Gasteiger partial charge in [-0.15, -0.1) is 0 Å². The number of hydrogen-bond donors (Lipinski definition) is 0. The predicted octanol–water partition coefficient (Wildman–Crippen LogP) is 4.10. The van der Waals surface area contributed by atoms with E-state index in [0.29, 0.717) is 17.8 Å². The molecular formula is C15H23N3. The standard InChI is InChI=1S/C15H23N3/c1-9(2)12-7-8-18-15(16-12)13(10(3)4)14(17-18)11(5)6/h7-11H,1-6H3. The number of hydrogen-bond acceptors (Lipinski definition) is 2. The molecule has 0 radical (unpaired) electrons. The van der Waals surface area contributed by atoms with Crippen LogP contribution in [0.1, 0.15) is 76.2 Å². The molecule has 0 fully saturated rings. The summed E-state index contributed by atoms with van der Waals surface area (Å²) in [5, 5.41) is 4.69. The van der Waals surface area contributed by atoms with Crippen molar-refractivity contribution in [3.63, 3.8) is 0 Å². The van der Waals surface area contributed by atoms with Gasteiger partial charge in [0.15, 0.2) is 5.65 Å².